The number of carbonyl (C=O) groups excluding carboxylic acids is 2. The van der Waals surface area contributed by atoms with Crippen molar-refractivity contribution in [3.05, 3.63) is 58.2 Å². The van der Waals surface area contributed by atoms with Crippen LogP contribution in [0.4, 0.5) is 9.18 Å². The van der Waals surface area contributed by atoms with E-state index in [1.165, 1.54) is 19.2 Å². The van der Waals surface area contributed by atoms with Gasteiger partial charge in [-0.15, -0.1) is 0 Å². The Bertz CT molecular complexity index is 992. The number of rotatable bonds is 4. The predicted molar refractivity (Wildman–Crippen MR) is 107 cm³/mol. The monoisotopic (exact) mass is 413 g/mol. The van der Waals surface area contributed by atoms with E-state index in [9.17, 15) is 14.0 Å². The molecule has 0 saturated carbocycles. The molecular formula is C22H24FN3O4. The van der Waals surface area contributed by atoms with Crippen molar-refractivity contribution in [1.29, 1.82) is 0 Å². The molecule has 3 heterocycles. The van der Waals surface area contributed by atoms with Crippen molar-refractivity contribution in [2.75, 3.05) is 7.11 Å². The summed E-state index contributed by atoms with van der Waals surface area (Å²) in [6, 6.07) is 5.35. The normalized spacial score (nSPS) is 20.5. The molecule has 0 spiro atoms. The number of hydrogen-bond donors (Lipinski definition) is 1. The van der Waals surface area contributed by atoms with E-state index in [1.54, 1.807) is 17.0 Å². The average Bonchev–Trinajstić information content (AvgIpc) is 3.23. The second kappa shape index (κ2) is 7.93. The lowest BCUT2D eigenvalue weighted by Crippen LogP contribution is -2.50. The highest BCUT2D eigenvalue weighted by Gasteiger charge is 2.47. The van der Waals surface area contributed by atoms with Crippen LogP contribution in [-0.2, 0) is 16.1 Å². The second-order valence-electron chi connectivity index (χ2n) is 7.73. The maximum atomic E-state index is 13.1. The minimum absolute atomic E-state index is 0.0275. The first-order chi connectivity index (χ1) is 14.4. The summed E-state index contributed by atoms with van der Waals surface area (Å²) < 4.78 is 23.5. The molecule has 1 N–H and O–H groups in total. The van der Waals surface area contributed by atoms with Crippen LogP contribution in [-0.4, -0.2) is 41.3 Å². The summed E-state index contributed by atoms with van der Waals surface area (Å²) in [6.07, 6.45) is 2.02. The van der Waals surface area contributed by atoms with Gasteiger partial charge in [-0.05, 0) is 56.4 Å². The van der Waals surface area contributed by atoms with E-state index in [0.29, 0.717) is 24.2 Å². The highest BCUT2D eigenvalue weighted by molar-refractivity contribution is 6.01. The second-order valence-corrected chi connectivity index (χ2v) is 7.73. The summed E-state index contributed by atoms with van der Waals surface area (Å²) >= 11 is 0. The third kappa shape index (κ3) is 3.46. The molecule has 2 amide bonds. The minimum Gasteiger partial charge on any atom is -0.466 e. The van der Waals surface area contributed by atoms with Gasteiger partial charge in [0.2, 0.25) is 0 Å². The number of methoxy groups -OCH3 is 1. The first kappa shape index (κ1) is 20.1. The number of amides is 2. The van der Waals surface area contributed by atoms with Gasteiger partial charge in [-0.3, -0.25) is 0 Å². The summed E-state index contributed by atoms with van der Waals surface area (Å²) in [6.45, 7) is 3.95. The third-order valence-electron chi connectivity index (χ3n) is 5.93. The molecule has 2 aliphatic rings. The van der Waals surface area contributed by atoms with Gasteiger partial charge in [0.15, 0.2) is 0 Å². The molecule has 1 fully saturated rings. The smallest absolute Gasteiger partial charge is 0.336 e. The van der Waals surface area contributed by atoms with E-state index in [4.69, 9.17) is 9.26 Å². The highest BCUT2D eigenvalue weighted by atomic mass is 19.1. The molecule has 0 aliphatic carbocycles. The summed E-state index contributed by atoms with van der Waals surface area (Å²) in [5.41, 5.74) is 3.70. The molecule has 30 heavy (non-hydrogen) atoms. The number of carbonyl (C=O) groups is 2. The lowest BCUT2D eigenvalue weighted by molar-refractivity contribution is -0.136. The average molecular weight is 413 g/mol. The number of urea groups is 1. The zero-order valence-electron chi connectivity index (χ0n) is 17.2. The van der Waals surface area contributed by atoms with Crippen LogP contribution in [0.1, 0.15) is 41.8 Å². The van der Waals surface area contributed by atoms with Gasteiger partial charge in [0.05, 0.1) is 24.4 Å². The number of fused-ring (bicyclic) bond motifs is 2. The van der Waals surface area contributed by atoms with Crippen molar-refractivity contribution in [3.8, 4) is 0 Å². The van der Waals surface area contributed by atoms with E-state index >= 15 is 0 Å². The van der Waals surface area contributed by atoms with E-state index in [0.717, 1.165) is 28.8 Å². The number of aromatic nitrogens is 1. The third-order valence-corrected chi connectivity index (χ3v) is 5.93. The molecule has 1 aromatic carbocycles. The Labute approximate surface area is 173 Å². The maximum absolute atomic E-state index is 13.1. The van der Waals surface area contributed by atoms with Gasteiger partial charge in [0.25, 0.3) is 0 Å². The molecule has 2 atom stereocenters. The number of nitrogens with zero attached hydrogens (tertiary/aromatic N) is 2. The number of benzene rings is 1. The Kier molecular flexibility index (Phi) is 5.32. The fraction of sp³-hybridized carbons (Fsp3) is 0.409. The van der Waals surface area contributed by atoms with Crippen LogP contribution >= 0.6 is 0 Å². The quantitative estimate of drug-likeness (QED) is 0.776. The maximum Gasteiger partial charge on any atom is 0.336 e. The summed E-state index contributed by atoms with van der Waals surface area (Å²) in [5.74, 6) is -0.108. The standard InChI is InChI=1S/C22H24FN3O4/c1-12-19(13(2)30-25-12)17-10-16-8-9-18(20(17)21(27)29-3)26(16)22(28)24-11-14-4-6-15(23)7-5-14/h4-7,16,18H,8-11H2,1-3H3,(H,24,28)/t16-,18+/m0/s1. The Morgan fingerprint density at radius 3 is 2.63 bits per heavy atom. The topological polar surface area (TPSA) is 84.7 Å². The van der Waals surface area contributed by atoms with E-state index in [2.05, 4.69) is 10.5 Å². The molecule has 7 nitrogen and oxygen atoms in total. The Balaban J connectivity index is 1.62. The fourth-order valence-electron chi connectivity index (χ4n) is 4.61. The lowest BCUT2D eigenvalue weighted by Gasteiger charge is -2.37. The van der Waals surface area contributed by atoms with Crippen molar-refractivity contribution >= 4 is 17.6 Å². The molecule has 1 aromatic heterocycles. The molecule has 158 valence electrons. The number of esters is 1. The Morgan fingerprint density at radius 1 is 1.27 bits per heavy atom. The van der Waals surface area contributed by atoms with Crippen LogP contribution in [0.15, 0.2) is 34.4 Å². The summed E-state index contributed by atoms with van der Waals surface area (Å²) in [7, 11) is 1.35. The number of aryl methyl sites for hydroxylation is 2. The molecule has 0 unspecified atom stereocenters. The molecule has 1 saturated heterocycles. The van der Waals surface area contributed by atoms with E-state index in [-0.39, 0.29) is 30.5 Å². The minimum atomic E-state index is -0.438. The van der Waals surface area contributed by atoms with Crippen molar-refractivity contribution in [3.63, 3.8) is 0 Å². The molecule has 8 heteroatoms. The lowest BCUT2D eigenvalue weighted by atomic mass is 9.87. The molecule has 2 aliphatic heterocycles. The first-order valence-electron chi connectivity index (χ1n) is 9.96. The number of ether oxygens (including phenoxy) is 1. The fourth-order valence-corrected chi connectivity index (χ4v) is 4.61. The number of halogens is 1. The largest absolute Gasteiger partial charge is 0.466 e. The van der Waals surface area contributed by atoms with Crippen molar-refractivity contribution < 1.29 is 23.2 Å². The molecular weight excluding hydrogens is 389 g/mol. The van der Waals surface area contributed by atoms with Crippen LogP contribution in [0.25, 0.3) is 5.57 Å². The Morgan fingerprint density at radius 2 is 2.00 bits per heavy atom. The van der Waals surface area contributed by atoms with Crippen LogP contribution < -0.4 is 5.32 Å². The van der Waals surface area contributed by atoms with Gasteiger partial charge in [-0.25, -0.2) is 14.0 Å². The van der Waals surface area contributed by atoms with Gasteiger partial charge in [0.1, 0.15) is 11.6 Å². The van der Waals surface area contributed by atoms with Gasteiger partial charge in [-0.2, -0.15) is 0 Å². The number of hydrogen-bond acceptors (Lipinski definition) is 5. The van der Waals surface area contributed by atoms with Crippen LogP contribution in [0.3, 0.4) is 0 Å². The highest BCUT2D eigenvalue weighted by Crippen LogP contribution is 2.44. The Hall–Kier alpha value is -3.16. The number of nitrogens with one attached hydrogen (secondary N) is 1. The summed E-state index contributed by atoms with van der Waals surface area (Å²) in [4.78, 5) is 27.5. The van der Waals surface area contributed by atoms with E-state index in [1.807, 2.05) is 13.8 Å². The summed E-state index contributed by atoms with van der Waals surface area (Å²) in [5, 5.41) is 6.92. The molecule has 2 aromatic rings. The van der Waals surface area contributed by atoms with Crippen molar-refractivity contribution in [2.24, 2.45) is 0 Å². The van der Waals surface area contributed by atoms with Gasteiger partial charge < -0.3 is 19.5 Å². The SMILES string of the molecule is COC(=O)C1=C(c2c(C)noc2C)C[C@@H]2CC[C@H]1N2C(=O)NCc1ccc(F)cc1. The zero-order chi connectivity index (χ0) is 21.4. The van der Waals surface area contributed by atoms with Gasteiger partial charge >= 0.3 is 12.0 Å². The van der Waals surface area contributed by atoms with Gasteiger partial charge in [0, 0.05) is 18.2 Å². The van der Waals surface area contributed by atoms with Crippen LogP contribution in [0.2, 0.25) is 0 Å². The zero-order valence-corrected chi connectivity index (χ0v) is 17.2. The van der Waals surface area contributed by atoms with Crippen molar-refractivity contribution in [1.82, 2.24) is 15.4 Å². The van der Waals surface area contributed by atoms with Crippen molar-refractivity contribution in [2.45, 2.75) is 51.7 Å². The first-order valence-corrected chi connectivity index (χ1v) is 9.96. The van der Waals surface area contributed by atoms with Crippen LogP contribution in [0, 0.1) is 19.7 Å². The predicted octanol–water partition coefficient (Wildman–Crippen LogP) is 3.50. The van der Waals surface area contributed by atoms with Crippen LogP contribution in [0.5, 0.6) is 0 Å². The molecule has 2 bridgehead atoms. The molecule has 4 rings (SSSR count). The van der Waals surface area contributed by atoms with E-state index < -0.39 is 5.97 Å². The molecule has 0 radical (unpaired) electrons. The van der Waals surface area contributed by atoms with Gasteiger partial charge in [-0.1, -0.05) is 17.3 Å².